The molecule has 0 spiro atoms. The van der Waals surface area contributed by atoms with E-state index in [2.05, 4.69) is 72.0 Å². The third-order valence-electron chi connectivity index (χ3n) is 5.07. The molecule has 0 heterocycles. The van der Waals surface area contributed by atoms with Crippen molar-refractivity contribution in [2.24, 2.45) is 10.8 Å². The molecule has 0 aromatic heterocycles. The van der Waals surface area contributed by atoms with Crippen LogP contribution in [0.3, 0.4) is 0 Å². The van der Waals surface area contributed by atoms with Crippen molar-refractivity contribution in [3.63, 3.8) is 0 Å². The number of nitrogens with one attached hydrogen (secondary N) is 1. The maximum absolute atomic E-state index is 3.89. The Morgan fingerprint density at radius 3 is 2.10 bits per heavy atom. The molecule has 1 saturated carbocycles. The third-order valence-corrected chi connectivity index (χ3v) is 5.07. The van der Waals surface area contributed by atoms with E-state index in [9.17, 15) is 0 Å². The predicted molar refractivity (Wildman–Crippen MR) is 92.7 cm³/mol. The van der Waals surface area contributed by atoms with Crippen molar-refractivity contribution in [3.8, 4) is 0 Å². The van der Waals surface area contributed by atoms with Crippen molar-refractivity contribution in [1.82, 2.24) is 5.32 Å². The van der Waals surface area contributed by atoms with Gasteiger partial charge in [0.05, 0.1) is 0 Å². The Bertz CT molecular complexity index is 483. The minimum atomic E-state index is 0.430. The molecule has 1 fully saturated rings. The van der Waals surface area contributed by atoms with E-state index in [1.165, 1.54) is 36.0 Å². The molecular formula is C20H33N. The summed E-state index contributed by atoms with van der Waals surface area (Å²) in [5.41, 5.74) is 5.08. The Balaban J connectivity index is 2.08. The maximum atomic E-state index is 3.89. The van der Waals surface area contributed by atoms with Gasteiger partial charge in [-0.3, -0.25) is 0 Å². The minimum absolute atomic E-state index is 0.430. The van der Waals surface area contributed by atoms with Crippen LogP contribution in [0.5, 0.6) is 0 Å². The van der Waals surface area contributed by atoms with Crippen LogP contribution in [0.15, 0.2) is 18.2 Å². The Kier molecular flexibility index (Phi) is 4.54. The lowest BCUT2D eigenvalue weighted by molar-refractivity contribution is 0.0811. The lowest BCUT2D eigenvalue weighted by Crippen LogP contribution is -2.44. The number of benzene rings is 1. The van der Waals surface area contributed by atoms with Crippen LogP contribution in [0.1, 0.15) is 76.6 Å². The summed E-state index contributed by atoms with van der Waals surface area (Å²) in [4.78, 5) is 0. The van der Waals surface area contributed by atoms with E-state index >= 15 is 0 Å². The van der Waals surface area contributed by atoms with E-state index < -0.39 is 0 Å². The number of aryl methyl sites for hydroxylation is 2. The van der Waals surface area contributed by atoms with Crippen LogP contribution in [0, 0.1) is 24.7 Å². The van der Waals surface area contributed by atoms with Gasteiger partial charge in [0.15, 0.2) is 0 Å². The molecule has 1 atom stereocenters. The molecule has 2 rings (SSSR count). The van der Waals surface area contributed by atoms with Gasteiger partial charge in [-0.05, 0) is 67.6 Å². The van der Waals surface area contributed by atoms with E-state index in [0.29, 0.717) is 22.9 Å². The summed E-state index contributed by atoms with van der Waals surface area (Å²) in [5.74, 6) is 0. The lowest BCUT2D eigenvalue weighted by Gasteiger charge is -2.46. The molecule has 0 bridgehead atoms. The molecule has 0 amide bonds. The second kappa shape index (κ2) is 5.76. The van der Waals surface area contributed by atoms with Crippen molar-refractivity contribution in [1.29, 1.82) is 0 Å². The number of rotatable bonds is 3. The molecular weight excluding hydrogens is 254 g/mol. The zero-order chi connectivity index (χ0) is 15.8. The summed E-state index contributed by atoms with van der Waals surface area (Å²) in [6, 6.07) is 7.92. The van der Waals surface area contributed by atoms with E-state index in [1.54, 1.807) is 0 Å². The first kappa shape index (κ1) is 16.5. The van der Waals surface area contributed by atoms with Crippen LogP contribution in [-0.2, 0) is 0 Å². The molecule has 0 saturated heterocycles. The first-order valence-corrected chi connectivity index (χ1v) is 8.41. The van der Waals surface area contributed by atoms with Crippen LogP contribution in [0.25, 0.3) is 0 Å². The van der Waals surface area contributed by atoms with Gasteiger partial charge in [-0.15, -0.1) is 0 Å². The van der Waals surface area contributed by atoms with Crippen LogP contribution < -0.4 is 5.32 Å². The molecule has 0 radical (unpaired) electrons. The summed E-state index contributed by atoms with van der Waals surface area (Å²) in [6.07, 6.45) is 3.90. The molecule has 1 heteroatoms. The normalized spacial score (nSPS) is 23.0. The second-order valence-electron chi connectivity index (χ2n) is 8.84. The second-order valence-corrected chi connectivity index (χ2v) is 8.84. The number of hydrogen-bond acceptors (Lipinski definition) is 1. The molecule has 0 aliphatic heterocycles. The lowest BCUT2D eigenvalue weighted by atomic mass is 9.63. The summed E-state index contributed by atoms with van der Waals surface area (Å²) in [5, 5.41) is 3.89. The molecule has 21 heavy (non-hydrogen) atoms. The zero-order valence-electron chi connectivity index (χ0n) is 15.0. The van der Waals surface area contributed by atoms with E-state index in [1.807, 2.05) is 0 Å². The highest BCUT2D eigenvalue weighted by Gasteiger charge is 2.38. The van der Waals surface area contributed by atoms with Gasteiger partial charge in [0, 0.05) is 12.1 Å². The average Bonchev–Trinajstić information content (AvgIpc) is 2.28. The van der Waals surface area contributed by atoms with E-state index in [-0.39, 0.29) is 0 Å². The van der Waals surface area contributed by atoms with Crippen molar-refractivity contribution >= 4 is 0 Å². The van der Waals surface area contributed by atoms with Crippen LogP contribution in [0.4, 0.5) is 0 Å². The Hall–Kier alpha value is -0.820. The molecule has 118 valence electrons. The van der Waals surface area contributed by atoms with Crippen molar-refractivity contribution in [2.75, 3.05) is 0 Å². The summed E-state index contributed by atoms with van der Waals surface area (Å²) in [7, 11) is 0. The molecule has 1 aromatic rings. The van der Waals surface area contributed by atoms with Gasteiger partial charge < -0.3 is 5.32 Å². The van der Waals surface area contributed by atoms with Crippen molar-refractivity contribution < 1.29 is 0 Å². The Morgan fingerprint density at radius 2 is 1.57 bits per heavy atom. The summed E-state index contributed by atoms with van der Waals surface area (Å²) >= 11 is 0. The number of hydrogen-bond donors (Lipinski definition) is 1. The standard InChI is InChI=1S/C20H33N/c1-14-8-9-17(10-15(14)2)16(3)21-18-11-19(4,5)13-20(6,7)12-18/h8-10,16,18,21H,11-13H2,1-7H3. The van der Waals surface area contributed by atoms with Gasteiger partial charge in [-0.25, -0.2) is 0 Å². The fraction of sp³-hybridized carbons (Fsp3) is 0.700. The van der Waals surface area contributed by atoms with Crippen LogP contribution >= 0.6 is 0 Å². The monoisotopic (exact) mass is 287 g/mol. The van der Waals surface area contributed by atoms with Gasteiger partial charge in [0.2, 0.25) is 0 Å². The predicted octanol–water partition coefficient (Wildman–Crippen LogP) is 5.56. The highest BCUT2D eigenvalue weighted by atomic mass is 15.0. The zero-order valence-corrected chi connectivity index (χ0v) is 15.0. The van der Waals surface area contributed by atoms with Crippen molar-refractivity contribution in [2.45, 2.75) is 79.8 Å². The summed E-state index contributed by atoms with van der Waals surface area (Å²) < 4.78 is 0. The molecule has 1 aliphatic carbocycles. The molecule has 1 unspecified atom stereocenters. The fourth-order valence-electron chi connectivity index (χ4n) is 4.45. The fourth-order valence-corrected chi connectivity index (χ4v) is 4.45. The van der Waals surface area contributed by atoms with Crippen LogP contribution in [0.2, 0.25) is 0 Å². The molecule has 1 N–H and O–H groups in total. The van der Waals surface area contributed by atoms with Crippen LogP contribution in [-0.4, -0.2) is 6.04 Å². The Labute approximate surface area is 131 Å². The third kappa shape index (κ3) is 4.32. The van der Waals surface area contributed by atoms with E-state index in [4.69, 9.17) is 0 Å². The molecule has 1 aliphatic rings. The van der Waals surface area contributed by atoms with Gasteiger partial charge in [-0.2, -0.15) is 0 Å². The van der Waals surface area contributed by atoms with E-state index in [0.717, 1.165) is 0 Å². The smallest absolute Gasteiger partial charge is 0.0294 e. The first-order valence-electron chi connectivity index (χ1n) is 8.41. The highest BCUT2D eigenvalue weighted by molar-refractivity contribution is 5.31. The molecule has 1 nitrogen and oxygen atoms in total. The maximum Gasteiger partial charge on any atom is 0.0294 e. The van der Waals surface area contributed by atoms with Gasteiger partial charge >= 0.3 is 0 Å². The highest BCUT2D eigenvalue weighted by Crippen LogP contribution is 2.46. The van der Waals surface area contributed by atoms with Gasteiger partial charge in [-0.1, -0.05) is 45.9 Å². The summed E-state index contributed by atoms with van der Waals surface area (Å²) in [6.45, 7) is 16.4. The average molecular weight is 287 g/mol. The minimum Gasteiger partial charge on any atom is -0.307 e. The topological polar surface area (TPSA) is 12.0 Å². The van der Waals surface area contributed by atoms with Crippen molar-refractivity contribution in [3.05, 3.63) is 34.9 Å². The SMILES string of the molecule is Cc1ccc(C(C)NC2CC(C)(C)CC(C)(C)C2)cc1C. The van der Waals surface area contributed by atoms with Gasteiger partial charge in [0.25, 0.3) is 0 Å². The largest absolute Gasteiger partial charge is 0.307 e. The first-order chi connectivity index (χ1) is 9.58. The quantitative estimate of drug-likeness (QED) is 0.767. The molecule has 1 aromatic carbocycles. The Morgan fingerprint density at radius 1 is 1.00 bits per heavy atom. The van der Waals surface area contributed by atoms with Gasteiger partial charge in [0.1, 0.15) is 0 Å².